The largest absolute Gasteiger partial charge is 0.573 e. The highest BCUT2D eigenvalue weighted by atomic mass is 19.4. The summed E-state index contributed by atoms with van der Waals surface area (Å²) >= 11 is 0. The van der Waals surface area contributed by atoms with Crippen LogP contribution in [0.25, 0.3) is 11.0 Å². The van der Waals surface area contributed by atoms with E-state index in [1.54, 1.807) is 0 Å². The molecule has 0 saturated heterocycles. The first-order valence-corrected chi connectivity index (χ1v) is 3.81. The molecule has 0 bridgehead atoms. The molecule has 2 aromatic rings. The van der Waals surface area contributed by atoms with Gasteiger partial charge in [-0.1, -0.05) is 0 Å². The monoisotopic (exact) mass is 218 g/mol. The minimum Gasteiger partial charge on any atom is -0.404 e. The van der Waals surface area contributed by atoms with Crippen LogP contribution in [-0.4, -0.2) is 21.5 Å². The number of halogens is 3. The molecule has 2 heterocycles. The lowest BCUT2D eigenvalue weighted by atomic mass is 10.3. The van der Waals surface area contributed by atoms with Crippen LogP contribution in [0.3, 0.4) is 0 Å². The number of anilines is 1. The maximum Gasteiger partial charge on any atom is 0.573 e. The van der Waals surface area contributed by atoms with Gasteiger partial charge >= 0.3 is 6.36 Å². The highest BCUT2D eigenvalue weighted by Gasteiger charge is 2.31. The molecule has 0 amide bonds. The Morgan fingerprint density at radius 1 is 1.40 bits per heavy atom. The van der Waals surface area contributed by atoms with Gasteiger partial charge in [0.05, 0.1) is 11.7 Å². The third-order valence-corrected chi connectivity index (χ3v) is 1.64. The zero-order chi connectivity index (χ0) is 11.1. The third-order valence-electron chi connectivity index (χ3n) is 1.64. The molecule has 8 heteroatoms. The van der Waals surface area contributed by atoms with Crippen molar-refractivity contribution in [2.24, 2.45) is 0 Å². The van der Waals surface area contributed by atoms with Gasteiger partial charge in [-0.2, -0.15) is 5.10 Å². The molecule has 0 atom stereocenters. The summed E-state index contributed by atoms with van der Waals surface area (Å²) in [5.74, 6) is -0.290. The van der Waals surface area contributed by atoms with Crippen molar-refractivity contribution in [1.29, 1.82) is 0 Å². The number of aromatic amines is 1. The molecule has 0 aliphatic heterocycles. The number of hydrogen-bond acceptors (Lipinski definition) is 4. The standard InChI is InChI=1S/C7H5F3N4O/c8-7(9,10)15-3-1-4-5(12-2-3)6(11)14-13-4/h1-2H,(H3,11,13,14). The van der Waals surface area contributed by atoms with Crippen LogP contribution in [0.2, 0.25) is 0 Å². The summed E-state index contributed by atoms with van der Waals surface area (Å²) in [4.78, 5) is 3.68. The summed E-state index contributed by atoms with van der Waals surface area (Å²) in [7, 11) is 0. The number of alkyl halides is 3. The third kappa shape index (κ3) is 1.92. The smallest absolute Gasteiger partial charge is 0.404 e. The number of H-pyrrole nitrogens is 1. The summed E-state index contributed by atoms with van der Waals surface area (Å²) in [6, 6.07) is 1.12. The first kappa shape index (κ1) is 9.56. The van der Waals surface area contributed by atoms with Gasteiger partial charge in [-0.25, -0.2) is 4.98 Å². The predicted molar refractivity (Wildman–Crippen MR) is 45.0 cm³/mol. The second-order valence-corrected chi connectivity index (χ2v) is 2.72. The summed E-state index contributed by atoms with van der Waals surface area (Å²) < 4.78 is 39.2. The first-order valence-electron chi connectivity index (χ1n) is 3.81. The zero-order valence-corrected chi connectivity index (χ0v) is 7.17. The Morgan fingerprint density at radius 2 is 2.13 bits per heavy atom. The van der Waals surface area contributed by atoms with E-state index in [9.17, 15) is 13.2 Å². The molecular formula is C7H5F3N4O. The Morgan fingerprint density at radius 3 is 2.80 bits per heavy atom. The molecule has 2 aromatic heterocycles. The Bertz CT molecular complexity index is 492. The van der Waals surface area contributed by atoms with Crippen molar-refractivity contribution < 1.29 is 17.9 Å². The van der Waals surface area contributed by atoms with Crippen molar-refractivity contribution in [2.75, 3.05) is 5.73 Å². The van der Waals surface area contributed by atoms with Crippen molar-refractivity contribution in [2.45, 2.75) is 6.36 Å². The van der Waals surface area contributed by atoms with Crippen LogP contribution in [0, 0.1) is 0 Å². The maximum atomic E-state index is 11.8. The number of fused-ring (bicyclic) bond motifs is 1. The summed E-state index contributed by atoms with van der Waals surface area (Å²) in [5.41, 5.74) is 5.98. The molecule has 0 aliphatic carbocycles. The Hall–Kier alpha value is -1.99. The van der Waals surface area contributed by atoms with E-state index in [2.05, 4.69) is 19.9 Å². The average Bonchev–Trinajstić information content (AvgIpc) is 2.45. The summed E-state index contributed by atoms with van der Waals surface area (Å²) in [5, 5.41) is 6.02. The summed E-state index contributed by atoms with van der Waals surface area (Å²) in [6.07, 6.45) is -3.80. The van der Waals surface area contributed by atoms with E-state index in [1.165, 1.54) is 0 Å². The fourth-order valence-corrected chi connectivity index (χ4v) is 1.10. The van der Waals surface area contributed by atoms with E-state index in [0.29, 0.717) is 5.52 Å². The van der Waals surface area contributed by atoms with Gasteiger partial charge in [0.25, 0.3) is 0 Å². The molecule has 0 spiro atoms. The number of aromatic nitrogens is 3. The molecule has 0 radical (unpaired) electrons. The molecule has 80 valence electrons. The second kappa shape index (κ2) is 3.01. The molecule has 15 heavy (non-hydrogen) atoms. The number of nitrogens with zero attached hydrogens (tertiary/aromatic N) is 2. The van der Waals surface area contributed by atoms with Gasteiger partial charge in [-0.05, 0) is 0 Å². The summed E-state index contributed by atoms with van der Waals surface area (Å²) in [6.45, 7) is 0. The van der Waals surface area contributed by atoms with Gasteiger partial charge in [0.15, 0.2) is 5.82 Å². The molecule has 0 saturated carbocycles. The molecule has 0 aromatic carbocycles. The lowest BCUT2D eigenvalue weighted by Gasteiger charge is -2.07. The van der Waals surface area contributed by atoms with Crippen LogP contribution in [0.5, 0.6) is 5.75 Å². The number of rotatable bonds is 1. The van der Waals surface area contributed by atoms with Crippen molar-refractivity contribution >= 4 is 16.9 Å². The molecule has 5 nitrogen and oxygen atoms in total. The van der Waals surface area contributed by atoms with Gasteiger partial charge in [0.2, 0.25) is 0 Å². The van der Waals surface area contributed by atoms with Gasteiger partial charge in [-0.15, -0.1) is 13.2 Å². The van der Waals surface area contributed by atoms with E-state index < -0.39 is 12.1 Å². The number of ether oxygens (including phenoxy) is 1. The number of nitrogens with one attached hydrogen (secondary N) is 1. The number of hydrogen-bond donors (Lipinski definition) is 2. The van der Waals surface area contributed by atoms with Crippen molar-refractivity contribution in [3.8, 4) is 5.75 Å². The Labute approximate surface area is 81.0 Å². The van der Waals surface area contributed by atoms with Crippen LogP contribution in [0.4, 0.5) is 19.0 Å². The Kier molecular flexibility index (Phi) is 1.92. The lowest BCUT2D eigenvalue weighted by molar-refractivity contribution is -0.274. The van der Waals surface area contributed by atoms with Crippen molar-refractivity contribution in [3.63, 3.8) is 0 Å². The van der Waals surface area contributed by atoms with Crippen LogP contribution < -0.4 is 10.5 Å². The second-order valence-electron chi connectivity index (χ2n) is 2.72. The minimum absolute atomic E-state index is 0.128. The molecule has 0 fully saturated rings. The van der Waals surface area contributed by atoms with Crippen molar-refractivity contribution in [1.82, 2.24) is 15.2 Å². The number of nitrogen functional groups attached to an aromatic ring is 1. The quantitative estimate of drug-likeness (QED) is 0.759. The molecule has 3 N–H and O–H groups in total. The van der Waals surface area contributed by atoms with Crippen LogP contribution >= 0.6 is 0 Å². The average molecular weight is 218 g/mol. The first-order chi connectivity index (χ1) is 6.96. The van der Waals surface area contributed by atoms with Crippen molar-refractivity contribution in [3.05, 3.63) is 12.3 Å². The topological polar surface area (TPSA) is 76.8 Å². The SMILES string of the molecule is Nc1n[nH]c2cc(OC(F)(F)F)cnc12. The molecule has 0 unspecified atom stereocenters. The van der Waals surface area contributed by atoms with E-state index in [1.807, 2.05) is 0 Å². The van der Waals surface area contributed by atoms with Crippen LogP contribution in [0.1, 0.15) is 0 Å². The highest BCUT2D eigenvalue weighted by molar-refractivity contribution is 5.84. The number of pyridine rings is 1. The van der Waals surface area contributed by atoms with Gasteiger partial charge < -0.3 is 10.5 Å². The van der Waals surface area contributed by atoms with E-state index in [4.69, 9.17) is 5.73 Å². The predicted octanol–water partition coefficient (Wildman–Crippen LogP) is 1.44. The van der Waals surface area contributed by atoms with Gasteiger partial charge in [0.1, 0.15) is 11.3 Å². The minimum atomic E-state index is -4.74. The van der Waals surface area contributed by atoms with E-state index >= 15 is 0 Å². The fourth-order valence-electron chi connectivity index (χ4n) is 1.10. The zero-order valence-electron chi connectivity index (χ0n) is 7.17. The number of nitrogens with two attached hydrogens (primary N) is 1. The molecule has 2 rings (SSSR count). The Balaban J connectivity index is 2.39. The van der Waals surface area contributed by atoms with Gasteiger partial charge in [-0.3, -0.25) is 5.10 Å². The van der Waals surface area contributed by atoms with Crippen LogP contribution in [-0.2, 0) is 0 Å². The maximum absolute atomic E-state index is 11.8. The highest BCUT2D eigenvalue weighted by Crippen LogP contribution is 2.25. The van der Waals surface area contributed by atoms with E-state index in [0.717, 1.165) is 12.3 Å². The molecule has 0 aliphatic rings. The van der Waals surface area contributed by atoms with E-state index in [-0.39, 0.29) is 11.3 Å². The molecular weight excluding hydrogens is 213 g/mol. The van der Waals surface area contributed by atoms with Gasteiger partial charge in [0, 0.05) is 6.07 Å². The fraction of sp³-hybridized carbons (Fsp3) is 0.143. The van der Waals surface area contributed by atoms with Crippen LogP contribution in [0.15, 0.2) is 12.3 Å². The normalized spacial score (nSPS) is 11.9. The lowest BCUT2D eigenvalue weighted by Crippen LogP contribution is -2.17.